The van der Waals surface area contributed by atoms with Gasteiger partial charge in [-0.3, -0.25) is 4.79 Å². The highest BCUT2D eigenvalue weighted by atomic mass is 79.9. The van der Waals surface area contributed by atoms with Gasteiger partial charge in [0.25, 0.3) is 5.91 Å². The van der Waals surface area contributed by atoms with Crippen LogP contribution in [0.15, 0.2) is 47.5 Å². The third kappa shape index (κ3) is 6.32. The molecule has 0 fully saturated rings. The van der Waals surface area contributed by atoms with E-state index in [9.17, 15) is 18.0 Å². The van der Waals surface area contributed by atoms with E-state index in [4.69, 9.17) is 17.3 Å². The first kappa shape index (κ1) is 29.2. The molecule has 0 saturated heterocycles. The maximum Gasteiger partial charge on any atom is 0.420 e. The van der Waals surface area contributed by atoms with Crippen molar-refractivity contribution in [2.24, 2.45) is 0 Å². The Bertz CT molecular complexity index is 1680. The molecule has 206 valence electrons. The van der Waals surface area contributed by atoms with Crippen molar-refractivity contribution in [2.75, 3.05) is 11.1 Å². The van der Waals surface area contributed by atoms with E-state index in [1.807, 2.05) is 19.6 Å². The summed E-state index contributed by atoms with van der Waals surface area (Å²) in [4.78, 5) is 21.6. The quantitative estimate of drug-likeness (QED) is 0.151. The molecule has 3 aromatic heterocycles. The number of hydrogen-bond acceptors (Lipinski definition) is 6. The largest absolute Gasteiger partial charge is 0.420 e. The molecule has 1 amide bonds. The Morgan fingerprint density at radius 2 is 1.80 bits per heavy atom. The smallest absolute Gasteiger partial charge is 0.396 e. The van der Waals surface area contributed by atoms with E-state index in [1.54, 1.807) is 0 Å². The van der Waals surface area contributed by atoms with Crippen molar-refractivity contribution in [3.8, 4) is 28.4 Å². The van der Waals surface area contributed by atoms with E-state index in [1.165, 1.54) is 24.7 Å². The standard InChI is InChI=1S/C25H19BrClF4N7OSi/c1-40(2,3)7-4-20-22(32)21(17(26)12-33-20)15-9-18(27)14(10-19(15)28)24(39)37-13-8-16(25(29,30)31)23(34-11-13)38-35-5-6-36-38/h5-6,8-12H,32H2,1-3H3,(H,37,39). The third-order valence-electron chi connectivity index (χ3n) is 5.23. The van der Waals surface area contributed by atoms with Gasteiger partial charge in [-0.15, -0.1) is 10.3 Å². The fourth-order valence-electron chi connectivity index (χ4n) is 3.45. The highest BCUT2D eigenvalue weighted by molar-refractivity contribution is 9.10. The molecule has 3 N–H and O–H groups in total. The van der Waals surface area contributed by atoms with Gasteiger partial charge in [0.15, 0.2) is 5.82 Å². The topological polar surface area (TPSA) is 112 Å². The van der Waals surface area contributed by atoms with Crippen LogP contribution in [-0.4, -0.2) is 38.9 Å². The van der Waals surface area contributed by atoms with Crippen LogP contribution in [0.1, 0.15) is 21.6 Å². The number of carbonyl (C=O) groups excluding carboxylic acids is 1. The first-order chi connectivity index (χ1) is 18.7. The Morgan fingerprint density at radius 1 is 1.12 bits per heavy atom. The molecule has 0 saturated carbocycles. The molecular weight excluding hydrogens is 634 g/mol. The van der Waals surface area contributed by atoms with Crippen molar-refractivity contribution in [3.05, 3.63) is 75.1 Å². The summed E-state index contributed by atoms with van der Waals surface area (Å²) in [5.41, 5.74) is 8.20. The maximum atomic E-state index is 15.4. The predicted molar refractivity (Wildman–Crippen MR) is 149 cm³/mol. The lowest BCUT2D eigenvalue weighted by molar-refractivity contribution is -0.137. The summed E-state index contributed by atoms with van der Waals surface area (Å²) in [6.07, 6.45) is -0.0307. The van der Waals surface area contributed by atoms with Crippen molar-refractivity contribution >= 4 is 52.9 Å². The first-order valence-electron chi connectivity index (χ1n) is 11.4. The van der Waals surface area contributed by atoms with Crippen LogP contribution in [0.25, 0.3) is 16.9 Å². The summed E-state index contributed by atoms with van der Waals surface area (Å²) in [5.74, 6) is 0.550. The summed E-state index contributed by atoms with van der Waals surface area (Å²) in [7, 11) is -1.76. The van der Waals surface area contributed by atoms with Crippen LogP contribution < -0.4 is 11.1 Å². The lowest BCUT2D eigenvalue weighted by Crippen LogP contribution is -2.17. The van der Waals surface area contributed by atoms with Crippen LogP contribution in [0, 0.1) is 17.3 Å². The van der Waals surface area contributed by atoms with Crippen LogP contribution in [0.3, 0.4) is 0 Å². The zero-order valence-corrected chi connectivity index (χ0v) is 24.4. The van der Waals surface area contributed by atoms with Crippen molar-refractivity contribution in [2.45, 2.75) is 25.8 Å². The number of aromatic nitrogens is 5. The maximum absolute atomic E-state index is 15.4. The van der Waals surface area contributed by atoms with Gasteiger partial charge in [0.05, 0.1) is 40.6 Å². The molecular formula is C25H19BrClF4N7OSi. The molecule has 4 aromatic rings. The van der Waals surface area contributed by atoms with Gasteiger partial charge >= 0.3 is 6.18 Å². The van der Waals surface area contributed by atoms with E-state index in [2.05, 4.69) is 52.9 Å². The van der Waals surface area contributed by atoms with Gasteiger partial charge < -0.3 is 11.1 Å². The lowest BCUT2D eigenvalue weighted by Gasteiger charge is -2.15. The summed E-state index contributed by atoms with van der Waals surface area (Å²) in [5, 5.41) is 9.43. The van der Waals surface area contributed by atoms with Crippen LogP contribution in [0.5, 0.6) is 0 Å². The summed E-state index contributed by atoms with van der Waals surface area (Å²) >= 11 is 9.66. The summed E-state index contributed by atoms with van der Waals surface area (Å²) in [6, 6.07) is 2.73. The Morgan fingerprint density at radius 3 is 2.42 bits per heavy atom. The van der Waals surface area contributed by atoms with Gasteiger partial charge in [0.1, 0.15) is 25.1 Å². The molecule has 0 radical (unpaired) electrons. The van der Waals surface area contributed by atoms with Crippen molar-refractivity contribution in [3.63, 3.8) is 0 Å². The zero-order valence-electron chi connectivity index (χ0n) is 21.0. The number of nitrogens with zero attached hydrogens (tertiary/aromatic N) is 5. The second-order valence-electron chi connectivity index (χ2n) is 9.42. The summed E-state index contributed by atoms with van der Waals surface area (Å²) in [6.45, 7) is 6.14. The number of carbonyl (C=O) groups is 1. The van der Waals surface area contributed by atoms with Crippen molar-refractivity contribution in [1.82, 2.24) is 25.0 Å². The Kier molecular flexibility index (Phi) is 8.02. The second-order valence-corrected chi connectivity index (χ2v) is 15.4. The average Bonchev–Trinajstić information content (AvgIpc) is 3.39. The number of benzene rings is 1. The number of pyridine rings is 2. The average molecular weight is 653 g/mol. The normalized spacial score (nSPS) is 11.6. The number of nitrogens with one attached hydrogen (secondary N) is 1. The number of rotatable bonds is 4. The molecule has 15 heteroatoms. The molecule has 3 heterocycles. The van der Waals surface area contributed by atoms with Crippen LogP contribution in [0.2, 0.25) is 24.7 Å². The number of halogens is 6. The molecule has 0 atom stereocenters. The fraction of sp³-hybridized carbons (Fsp3) is 0.160. The SMILES string of the molecule is C[Si](C)(C)C#Cc1ncc(Br)c(-c2cc(Cl)c(C(=O)Nc3cnc(-n4nccn4)c(C(F)(F)F)c3)cc2F)c1N. The minimum absolute atomic E-state index is 0.0264. The molecule has 4 rings (SSSR count). The van der Waals surface area contributed by atoms with Crippen LogP contribution in [-0.2, 0) is 6.18 Å². The molecule has 0 aliphatic rings. The highest BCUT2D eigenvalue weighted by Gasteiger charge is 2.36. The molecule has 0 aliphatic heterocycles. The number of amides is 1. The van der Waals surface area contributed by atoms with E-state index in [0.29, 0.717) is 15.3 Å². The summed E-state index contributed by atoms with van der Waals surface area (Å²) < 4.78 is 56.8. The van der Waals surface area contributed by atoms with Gasteiger partial charge in [-0.05, 0) is 34.1 Å². The molecule has 8 nitrogen and oxygen atoms in total. The van der Waals surface area contributed by atoms with Gasteiger partial charge in [-0.2, -0.15) is 23.4 Å². The molecule has 1 aromatic carbocycles. The second kappa shape index (κ2) is 11.0. The van der Waals surface area contributed by atoms with Gasteiger partial charge in [-0.1, -0.05) is 37.2 Å². The first-order valence-corrected chi connectivity index (χ1v) is 16.0. The molecule has 0 aliphatic carbocycles. The molecule has 0 bridgehead atoms. The number of nitrogen functional groups attached to an aromatic ring is 1. The van der Waals surface area contributed by atoms with E-state index >= 15 is 4.39 Å². The Hall–Kier alpha value is -3.80. The van der Waals surface area contributed by atoms with E-state index in [-0.39, 0.29) is 38.8 Å². The third-order valence-corrected chi connectivity index (χ3v) is 7.02. The number of alkyl halides is 3. The lowest BCUT2D eigenvalue weighted by atomic mass is 10.0. The Labute approximate surface area is 240 Å². The molecule has 0 spiro atoms. The predicted octanol–water partition coefficient (Wildman–Crippen LogP) is 6.36. The van der Waals surface area contributed by atoms with Gasteiger partial charge in [0, 0.05) is 21.8 Å². The number of nitrogens with two attached hydrogens (primary N) is 1. The van der Waals surface area contributed by atoms with E-state index in [0.717, 1.165) is 12.3 Å². The highest BCUT2D eigenvalue weighted by Crippen LogP contribution is 2.39. The number of hydrogen-bond donors (Lipinski definition) is 2. The Balaban J connectivity index is 1.69. The minimum atomic E-state index is -4.84. The van der Waals surface area contributed by atoms with Gasteiger partial charge in [0.2, 0.25) is 0 Å². The zero-order chi connectivity index (χ0) is 29.4. The molecule has 0 unspecified atom stereocenters. The van der Waals surface area contributed by atoms with Crippen LogP contribution in [0.4, 0.5) is 28.9 Å². The fourth-order valence-corrected chi connectivity index (χ4v) is 4.72. The van der Waals surface area contributed by atoms with Crippen molar-refractivity contribution < 1.29 is 22.4 Å². The van der Waals surface area contributed by atoms with Crippen LogP contribution >= 0.6 is 27.5 Å². The van der Waals surface area contributed by atoms with E-state index < -0.39 is 37.4 Å². The monoisotopic (exact) mass is 651 g/mol. The number of anilines is 2. The molecule has 40 heavy (non-hydrogen) atoms. The minimum Gasteiger partial charge on any atom is -0.396 e. The van der Waals surface area contributed by atoms with Gasteiger partial charge in [-0.25, -0.2) is 14.4 Å². The van der Waals surface area contributed by atoms with Crippen molar-refractivity contribution in [1.29, 1.82) is 0 Å².